The summed E-state index contributed by atoms with van der Waals surface area (Å²) in [6.45, 7) is 4.70. The lowest BCUT2D eigenvalue weighted by Gasteiger charge is -2.38. The molecule has 3 aliphatic rings. The number of aromatic nitrogens is 2. The normalized spacial score (nSPS) is 20.3. The zero-order chi connectivity index (χ0) is 22.0. The van der Waals surface area contributed by atoms with Gasteiger partial charge >= 0.3 is 0 Å². The van der Waals surface area contributed by atoms with Gasteiger partial charge < -0.3 is 19.3 Å². The number of benzene rings is 1. The van der Waals surface area contributed by atoms with E-state index in [1.165, 1.54) is 0 Å². The summed E-state index contributed by atoms with van der Waals surface area (Å²) in [4.78, 5) is 25.8. The number of anilines is 1. The van der Waals surface area contributed by atoms with Gasteiger partial charge in [-0.15, -0.1) is 0 Å². The van der Waals surface area contributed by atoms with Gasteiger partial charge in [-0.1, -0.05) is 35.5 Å². The summed E-state index contributed by atoms with van der Waals surface area (Å²) in [6, 6.07) is 9.66. The van der Waals surface area contributed by atoms with Gasteiger partial charge in [-0.2, -0.15) is 0 Å². The van der Waals surface area contributed by atoms with E-state index >= 15 is 0 Å². The van der Waals surface area contributed by atoms with Crippen molar-refractivity contribution in [2.45, 2.75) is 42.4 Å². The highest BCUT2D eigenvalue weighted by molar-refractivity contribution is 7.98. The fourth-order valence-corrected chi connectivity index (χ4v) is 5.51. The molecule has 0 bridgehead atoms. The summed E-state index contributed by atoms with van der Waals surface area (Å²) in [5.74, 6) is 1.27. The van der Waals surface area contributed by atoms with Crippen molar-refractivity contribution < 1.29 is 14.3 Å². The highest BCUT2D eigenvalue weighted by Gasteiger charge is 2.40. The maximum absolute atomic E-state index is 12.5. The maximum Gasteiger partial charge on any atom is 0.253 e. The van der Waals surface area contributed by atoms with Crippen molar-refractivity contribution in [3.63, 3.8) is 0 Å². The Morgan fingerprint density at radius 3 is 2.41 bits per heavy atom. The molecule has 3 fully saturated rings. The number of likely N-dealkylation sites (tertiary alicyclic amines) is 1. The number of nitrogens with zero attached hydrogens (tertiary/aromatic N) is 4. The van der Waals surface area contributed by atoms with E-state index in [-0.39, 0.29) is 5.91 Å². The molecule has 0 unspecified atom stereocenters. The second-order valence-corrected chi connectivity index (χ2v) is 9.74. The van der Waals surface area contributed by atoms with E-state index in [0.29, 0.717) is 29.3 Å². The predicted molar refractivity (Wildman–Crippen MR) is 124 cm³/mol. The van der Waals surface area contributed by atoms with Gasteiger partial charge in [-0.25, -0.2) is 9.97 Å². The van der Waals surface area contributed by atoms with Crippen LogP contribution in [0.25, 0.3) is 0 Å². The molecule has 0 aliphatic carbocycles. The van der Waals surface area contributed by atoms with Gasteiger partial charge in [0, 0.05) is 56.4 Å². The van der Waals surface area contributed by atoms with Gasteiger partial charge in [0.25, 0.3) is 5.91 Å². The lowest BCUT2D eigenvalue weighted by Crippen LogP contribution is -2.45. The second kappa shape index (κ2) is 9.55. The Hall–Kier alpha value is -1.87. The third-order valence-corrected chi connectivity index (χ3v) is 7.40. The van der Waals surface area contributed by atoms with Crippen LogP contribution in [-0.2, 0) is 15.2 Å². The molecule has 32 heavy (non-hydrogen) atoms. The monoisotopic (exact) mass is 474 g/mol. The Labute approximate surface area is 197 Å². The summed E-state index contributed by atoms with van der Waals surface area (Å²) in [7, 11) is 0. The summed E-state index contributed by atoms with van der Waals surface area (Å²) < 4.78 is 11.6. The van der Waals surface area contributed by atoms with Crippen LogP contribution in [0.2, 0.25) is 5.15 Å². The third kappa shape index (κ3) is 4.88. The molecule has 0 N–H and O–H groups in total. The van der Waals surface area contributed by atoms with E-state index in [0.717, 1.165) is 68.8 Å². The summed E-state index contributed by atoms with van der Waals surface area (Å²) in [5, 5.41) is 1.09. The summed E-state index contributed by atoms with van der Waals surface area (Å²) in [6.07, 6.45) is 3.84. The Morgan fingerprint density at radius 1 is 1.03 bits per heavy atom. The molecule has 1 amide bonds. The molecular weight excluding hydrogens is 448 g/mol. The number of hydrogen-bond donors (Lipinski definition) is 0. The Morgan fingerprint density at radius 2 is 1.72 bits per heavy atom. The Kier molecular flexibility index (Phi) is 6.55. The molecule has 3 saturated heterocycles. The molecule has 0 saturated carbocycles. The quantitative estimate of drug-likeness (QED) is 0.368. The third-order valence-electron chi connectivity index (χ3n) is 6.29. The van der Waals surface area contributed by atoms with E-state index in [4.69, 9.17) is 26.1 Å². The van der Waals surface area contributed by atoms with Crippen LogP contribution in [0.3, 0.4) is 0 Å². The molecule has 3 aliphatic heterocycles. The van der Waals surface area contributed by atoms with Crippen molar-refractivity contribution in [2.75, 3.05) is 44.3 Å². The fraction of sp³-hybridized carbons (Fsp3) is 0.522. The van der Waals surface area contributed by atoms with Crippen LogP contribution in [-0.4, -0.2) is 66.0 Å². The molecule has 1 aromatic heterocycles. The van der Waals surface area contributed by atoms with Crippen LogP contribution >= 0.6 is 23.4 Å². The number of rotatable bonds is 5. The van der Waals surface area contributed by atoms with Crippen molar-refractivity contribution in [2.24, 2.45) is 0 Å². The molecule has 2 aromatic rings. The molecular formula is C23H27ClN4O3S. The van der Waals surface area contributed by atoms with Crippen LogP contribution in [0, 0.1) is 0 Å². The Balaban J connectivity index is 1.19. The number of hydrogen-bond acceptors (Lipinski definition) is 7. The topological polar surface area (TPSA) is 67.8 Å². The van der Waals surface area contributed by atoms with Crippen LogP contribution in [0.15, 0.2) is 35.5 Å². The summed E-state index contributed by atoms with van der Waals surface area (Å²) >= 11 is 7.85. The first-order chi connectivity index (χ1) is 15.6. The highest BCUT2D eigenvalue weighted by atomic mass is 35.5. The highest BCUT2D eigenvalue weighted by Crippen LogP contribution is 2.34. The van der Waals surface area contributed by atoms with Crippen LogP contribution < -0.4 is 4.90 Å². The molecule has 4 heterocycles. The first kappa shape index (κ1) is 21.9. The zero-order valence-electron chi connectivity index (χ0n) is 18.0. The number of amides is 1. The molecule has 170 valence electrons. The molecule has 1 aromatic carbocycles. The number of carbonyl (C=O) groups is 1. The van der Waals surface area contributed by atoms with E-state index in [1.807, 2.05) is 35.2 Å². The maximum atomic E-state index is 12.5. The second-order valence-electron chi connectivity index (χ2n) is 8.41. The number of thioether (sulfide) groups is 1. The van der Waals surface area contributed by atoms with Crippen molar-refractivity contribution in [3.8, 4) is 0 Å². The van der Waals surface area contributed by atoms with E-state index in [9.17, 15) is 4.79 Å². The van der Waals surface area contributed by atoms with Gasteiger partial charge in [0.2, 0.25) is 0 Å². The first-order valence-corrected chi connectivity index (χ1v) is 12.6. The number of carbonyl (C=O) groups excluding carboxylic acids is 1. The molecule has 0 atom stereocenters. The minimum atomic E-state index is -0.409. The average molecular weight is 475 g/mol. The number of piperidine rings is 1. The minimum absolute atomic E-state index is 0.126. The standard InChI is InChI=1S/C23H27ClN4O3S/c24-19-15-20(27-11-7-23(8-12-27)30-13-14-31-23)26-22(25-19)32-16-17-3-5-18(6-4-17)21(29)28-9-1-2-10-28/h3-6,15H,1-2,7-14,16H2. The predicted octanol–water partition coefficient (Wildman–Crippen LogP) is 4.00. The van der Waals surface area contributed by atoms with Crippen molar-refractivity contribution in [3.05, 3.63) is 46.6 Å². The van der Waals surface area contributed by atoms with Gasteiger partial charge in [-0.3, -0.25) is 4.79 Å². The molecule has 7 nitrogen and oxygen atoms in total. The smallest absolute Gasteiger partial charge is 0.253 e. The van der Waals surface area contributed by atoms with Crippen molar-refractivity contribution >= 4 is 35.1 Å². The van der Waals surface area contributed by atoms with E-state index in [1.54, 1.807) is 11.8 Å². The van der Waals surface area contributed by atoms with E-state index in [2.05, 4.69) is 9.88 Å². The van der Waals surface area contributed by atoms with Gasteiger partial charge in [-0.05, 0) is 30.5 Å². The molecule has 1 spiro atoms. The number of halogens is 1. The van der Waals surface area contributed by atoms with Crippen LogP contribution in [0.4, 0.5) is 5.82 Å². The van der Waals surface area contributed by atoms with Gasteiger partial charge in [0.15, 0.2) is 10.9 Å². The molecule has 5 rings (SSSR count). The van der Waals surface area contributed by atoms with Crippen LogP contribution in [0.5, 0.6) is 0 Å². The largest absolute Gasteiger partial charge is 0.356 e. The van der Waals surface area contributed by atoms with Crippen LogP contribution in [0.1, 0.15) is 41.6 Å². The van der Waals surface area contributed by atoms with Gasteiger partial charge in [0.05, 0.1) is 13.2 Å². The Bertz CT molecular complexity index is 952. The van der Waals surface area contributed by atoms with Crippen molar-refractivity contribution in [1.29, 1.82) is 0 Å². The van der Waals surface area contributed by atoms with Crippen molar-refractivity contribution in [1.82, 2.24) is 14.9 Å². The summed E-state index contributed by atoms with van der Waals surface area (Å²) in [5.41, 5.74) is 1.87. The SMILES string of the molecule is O=C(c1ccc(CSc2nc(Cl)cc(N3CCC4(CC3)OCCO4)n2)cc1)N1CCCC1. The minimum Gasteiger partial charge on any atom is -0.356 e. The first-order valence-electron chi connectivity index (χ1n) is 11.2. The lowest BCUT2D eigenvalue weighted by molar-refractivity contribution is -0.169. The van der Waals surface area contributed by atoms with Gasteiger partial charge in [0.1, 0.15) is 11.0 Å². The number of ether oxygens (including phenoxy) is 2. The van der Waals surface area contributed by atoms with E-state index < -0.39 is 5.79 Å². The fourth-order valence-electron chi connectivity index (χ4n) is 4.47. The molecule has 9 heteroatoms. The molecule has 0 radical (unpaired) electrons. The zero-order valence-corrected chi connectivity index (χ0v) is 19.5. The lowest BCUT2D eigenvalue weighted by atomic mass is 10.0. The average Bonchev–Trinajstić information content (AvgIpc) is 3.51.